The molecule has 0 saturated heterocycles. The molecule has 0 atom stereocenters. The number of benzene rings is 1. The molecule has 0 aliphatic carbocycles. The van der Waals surface area contributed by atoms with Crippen LogP contribution in [0.1, 0.15) is 33.6 Å². The second-order valence-corrected chi connectivity index (χ2v) is 5.03. The first-order chi connectivity index (χ1) is 7.65. The summed E-state index contributed by atoms with van der Waals surface area (Å²) in [7, 11) is 0. The predicted octanol–water partition coefficient (Wildman–Crippen LogP) is 3.46. The van der Waals surface area contributed by atoms with Crippen LogP contribution in [-0.2, 0) is 0 Å². The number of hydrogen-bond acceptors (Lipinski definition) is 2. The average Bonchev–Trinajstić information content (AvgIpc) is 2.28. The highest BCUT2D eigenvalue weighted by Crippen LogP contribution is 2.36. The van der Waals surface area contributed by atoms with Crippen molar-refractivity contribution in [1.82, 2.24) is 0 Å². The molecule has 0 spiro atoms. The summed E-state index contributed by atoms with van der Waals surface area (Å²) >= 11 is 0. The Morgan fingerprint density at radius 1 is 1.31 bits per heavy atom. The van der Waals surface area contributed by atoms with Gasteiger partial charge in [0.05, 0.1) is 12.2 Å². The lowest BCUT2D eigenvalue weighted by molar-refractivity contribution is 0.280. The van der Waals surface area contributed by atoms with Crippen molar-refractivity contribution in [2.75, 3.05) is 18.1 Å². The minimum absolute atomic E-state index is 0.217. The van der Waals surface area contributed by atoms with Gasteiger partial charge in [-0.1, -0.05) is 25.5 Å². The van der Waals surface area contributed by atoms with Gasteiger partial charge in [-0.15, -0.1) is 0 Å². The third-order valence-electron chi connectivity index (χ3n) is 3.32. The van der Waals surface area contributed by atoms with Crippen LogP contribution in [0, 0.1) is 0 Å². The Kier molecular flexibility index (Phi) is 3.08. The van der Waals surface area contributed by atoms with Gasteiger partial charge in [-0.25, -0.2) is 0 Å². The SMILES string of the molecule is CCCC(C)(C)N1CCOc2ccccc21. The molecular formula is C14H21NO. The van der Waals surface area contributed by atoms with Gasteiger partial charge in [0.1, 0.15) is 12.4 Å². The summed E-state index contributed by atoms with van der Waals surface area (Å²) in [4.78, 5) is 2.48. The largest absolute Gasteiger partial charge is 0.490 e. The smallest absolute Gasteiger partial charge is 0.142 e. The van der Waals surface area contributed by atoms with Gasteiger partial charge < -0.3 is 9.64 Å². The first kappa shape index (κ1) is 11.3. The zero-order chi connectivity index (χ0) is 11.6. The number of rotatable bonds is 3. The van der Waals surface area contributed by atoms with Gasteiger partial charge in [0.2, 0.25) is 0 Å². The lowest BCUT2D eigenvalue weighted by atomic mass is 9.95. The van der Waals surface area contributed by atoms with E-state index in [9.17, 15) is 0 Å². The van der Waals surface area contributed by atoms with Crippen molar-refractivity contribution in [3.05, 3.63) is 24.3 Å². The molecule has 0 unspecified atom stereocenters. The van der Waals surface area contributed by atoms with E-state index in [1.165, 1.54) is 18.5 Å². The highest BCUT2D eigenvalue weighted by atomic mass is 16.5. The third kappa shape index (κ3) is 2.01. The number of fused-ring (bicyclic) bond motifs is 1. The molecule has 16 heavy (non-hydrogen) atoms. The minimum atomic E-state index is 0.217. The van der Waals surface area contributed by atoms with Crippen LogP contribution < -0.4 is 9.64 Å². The van der Waals surface area contributed by atoms with Gasteiger partial charge in [0.15, 0.2) is 0 Å². The summed E-state index contributed by atoms with van der Waals surface area (Å²) in [5.74, 6) is 1.03. The van der Waals surface area contributed by atoms with Gasteiger partial charge in [-0.05, 0) is 32.4 Å². The monoisotopic (exact) mass is 219 g/mol. The predicted molar refractivity (Wildman–Crippen MR) is 68.3 cm³/mol. The van der Waals surface area contributed by atoms with Gasteiger partial charge in [-0.3, -0.25) is 0 Å². The number of anilines is 1. The second kappa shape index (κ2) is 4.36. The average molecular weight is 219 g/mol. The summed E-state index contributed by atoms with van der Waals surface area (Å²) in [6, 6.07) is 8.34. The van der Waals surface area contributed by atoms with Crippen molar-refractivity contribution < 1.29 is 4.74 Å². The summed E-state index contributed by atoms with van der Waals surface area (Å²) < 4.78 is 5.69. The maximum Gasteiger partial charge on any atom is 0.142 e. The van der Waals surface area contributed by atoms with Crippen molar-refractivity contribution in [3.8, 4) is 5.75 Å². The molecule has 0 amide bonds. The molecule has 1 aliphatic heterocycles. The molecule has 0 radical (unpaired) electrons. The van der Waals surface area contributed by atoms with E-state index >= 15 is 0 Å². The molecule has 0 aromatic heterocycles. The molecule has 2 heteroatoms. The van der Waals surface area contributed by atoms with Crippen molar-refractivity contribution in [2.45, 2.75) is 39.2 Å². The summed E-state index contributed by atoms with van der Waals surface area (Å²) in [6.07, 6.45) is 2.42. The topological polar surface area (TPSA) is 12.5 Å². The molecule has 0 saturated carbocycles. The molecule has 1 aromatic rings. The fourth-order valence-corrected chi connectivity index (χ4v) is 2.55. The standard InChI is InChI=1S/C14H21NO/c1-4-9-14(2,3)15-10-11-16-13-8-6-5-7-12(13)15/h5-8H,4,9-11H2,1-3H3. The summed E-state index contributed by atoms with van der Waals surface area (Å²) in [6.45, 7) is 8.67. The summed E-state index contributed by atoms with van der Waals surface area (Å²) in [5.41, 5.74) is 1.46. The maximum absolute atomic E-state index is 5.69. The number of ether oxygens (including phenoxy) is 1. The van der Waals surface area contributed by atoms with E-state index in [-0.39, 0.29) is 5.54 Å². The number of hydrogen-bond donors (Lipinski definition) is 0. The number of para-hydroxylation sites is 2. The quantitative estimate of drug-likeness (QED) is 0.772. The van der Waals surface area contributed by atoms with E-state index < -0.39 is 0 Å². The van der Waals surface area contributed by atoms with Crippen LogP contribution in [0.4, 0.5) is 5.69 Å². The Morgan fingerprint density at radius 2 is 2.06 bits per heavy atom. The zero-order valence-electron chi connectivity index (χ0n) is 10.5. The van der Waals surface area contributed by atoms with E-state index in [0.29, 0.717) is 0 Å². The molecule has 2 nitrogen and oxygen atoms in total. The van der Waals surface area contributed by atoms with E-state index in [4.69, 9.17) is 4.74 Å². The molecule has 1 heterocycles. The van der Waals surface area contributed by atoms with Crippen LogP contribution in [0.5, 0.6) is 5.75 Å². The first-order valence-electron chi connectivity index (χ1n) is 6.14. The lowest BCUT2D eigenvalue weighted by Crippen LogP contribution is -2.48. The maximum atomic E-state index is 5.69. The van der Waals surface area contributed by atoms with Gasteiger partial charge in [0.25, 0.3) is 0 Å². The third-order valence-corrected chi connectivity index (χ3v) is 3.32. The highest BCUT2D eigenvalue weighted by molar-refractivity contribution is 5.61. The first-order valence-corrected chi connectivity index (χ1v) is 6.14. The van der Waals surface area contributed by atoms with Crippen molar-refractivity contribution in [2.24, 2.45) is 0 Å². The van der Waals surface area contributed by atoms with Crippen molar-refractivity contribution >= 4 is 5.69 Å². The van der Waals surface area contributed by atoms with Crippen LogP contribution in [0.15, 0.2) is 24.3 Å². The molecule has 0 bridgehead atoms. The van der Waals surface area contributed by atoms with E-state index in [1.54, 1.807) is 0 Å². The number of nitrogens with zero attached hydrogens (tertiary/aromatic N) is 1. The van der Waals surface area contributed by atoms with Crippen molar-refractivity contribution in [3.63, 3.8) is 0 Å². The molecule has 1 aliphatic rings. The minimum Gasteiger partial charge on any atom is -0.490 e. The van der Waals surface area contributed by atoms with E-state index in [1.807, 2.05) is 6.07 Å². The fourth-order valence-electron chi connectivity index (χ4n) is 2.55. The second-order valence-electron chi connectivity index (χ2n) is 5.03. The van der Waals surface area contributed by atoms with Gasteiger partial charge >= 0.3 is 0 Å². The van der Waals surface area contributed by atoms with Gasteiger partial charge in [-0.2, -0.15) is 0 Å². The Morgan fingerprint density at radius 3 is 2.81 bits per heavy atom. The van der Waals surface area contributed by atoms with Crippen LogP contribution in [0.25, 0.3) is 0 Å². The van der Waals surface area contributed by atoms with E-state index in [0.717, 1.165) is 18.9 Å². The summed E-state index contributed by atoms with van der Waals surface area (Å²) in [5, 5.41) is 0. The van der Waals surface area contributed by atoms with Crippen LogP contribution in [0.3, 0.4) is 0 Å². The highest BCUT2D eigenvalue weighted by Gasteiger charge is 2.30. The van der Waals surface area contributed by atoms with Crippen molar-refractivity contribution in [1.29, 1.82) is 0 Å². The molecule has 0 N–H and O–H groups in total. The normalized spacial score (nSPS) is 15.6. The lowest BCUT2D eigenvalue weighted by Gasteiger charge is -2.43. The van der Waals surface area contributed by atoms with Crippen LogP contribution >= 0.6 is 0 Å². The van der Waals surface area contributed by atoms with Crippen LogP contribution in [-0.4, -0.2) is 18.7 Å². The Balaban J connectivity index is 2.31. The molecular weight excluding hydrogens is 198 g/mol. The van der Waals surface area contributed by atoms with Crippen LogP contribution in [0.2, 0.25) is 0 Å². The Bertz CT molecular complexity index is 360. The zero-order valence-corrected chi connectivity index (χ0v) is 10.5. The molecule has 88 valence electrons. The Hall–Kier alpha value is -1.18. The Labute approximate surface area is 98.2 Å². The molecule has 0 fully saturated rings. The molecule has 2 rings (SSSR count). The van der Waals surface area contributed by atoms with E-state index in [2.05, 4.69) is 43.9 Å². The molecule has 1 aromatic carbocycles. The van der Waals surface area contributed by atoms with Gasteiger partial charge in [0, 0.05) is 5.54 Å². The fraction of sp³-hybridized carbons (Fsp3) is 0.571.